The lowest BCUT2D eigenvalue weighted by Gasteiger charge is -2.44. The highest BCUT2D eigenvalue weighted by Crippen LogP contribution is 2.46. The average Bonchev–Trinajstić information content (AvgIpc) is 3.44. The van der Waals surface area contributed by atoms with E-state index in [1.54, 1.807) is 0 Å². The molecule has 6 nitrogen and oxygen atoms in total. The van der Waals surface area contributed by atoms with Gasteiger partial charge in [0.1, 0.15) is 0 Å². The Morgan fingerprint density at radius 1 is 1.18 bits per heavy atom. The molecule has 186 valence electrons. The van der Waals surface area contributed by atoms with E-state index in [1.807, 2.05) is 23.7 Å². The van der Waals surface area contributed by atoms with Gasteiger partial charge in [-0.25, -0.2) is 4.79 Å². The number of carbonyl (C=O) groups is 2. The first-order valence-electron chi connectivity index (χ1n) is 13.1. The summed E-state index contributed by atoms with van der Waals surface area (Å²) in [7, 11) is 4.29. The van der Waals surface area contributed by atoms with Crippen LogP contribution in [0.1, 0.15) is 62.0 Å². The van der Waals surface area contributed by atoms with Crippen LogP contribution in [0, 0.1) is 12.8 Å². The Bertz CT molecular complexity index is 893. The predicted molar refractivity (Wildman–Crippen MR) is 138 cm³/mol. The first-order valence-corrected chi connectivity index (χ1v) is 14.2. The third-order valence-electron chi connectivity index (χ3n) is 8.92. The smallest absolute Gasteiger partial charge is 0.315 e. The molecule has 2 bridgehead atoms. The lowest BCUT2D eigenvalue weighted by Crippen LogP contribution is -2.50. The van der Waals surface area contributed by atoms with Gasteiger partial charge in [0.25, 0.3) is 0 Å². The standard InChI is InChI=1S/C27H40N4O2S/c1-17-8-10-18(11-9-17)20-14-19-12-13-23(31(19)3)21(20)15-30(2)25(32)7-5-4-6-24-26-22(16-34-24)28-27(33)29-26/h8-11,19-24,26H,4-7,12-16H2,1-3H3,(H2,28,29,33). The lowest BCUT2D eigenvalue weighted by atomic mass is 9.75. The van der Waals surface area contributed by atoms with E-state index in [4.69, 9.17) is 0 Å². The monoisotopic (exact) mass is 484 g/mol. The molecule has 0 aromatic heterocycles. The van der Waals surface area contributed by atoms with Crippen molar-refractivity contribution in [1.29, 1.82) is 0 Å². The summed E-state index contributed by atoms with van der Waals surface area (Å²) >= 11 is 1.95. The van der Waals surface area contributed by atoms with E-state index in [0.29, 0.717) is 35.6 Å². The Labute approximate surface area is 208 Å². The number of fused-ring (bicyclic) bond motifs is 3. The van der Waals surface area contributed by atoms with Crippen molar-refractivity contribution in [3.63, 3.8) is 0 Å². The lowest BCUT2D eigenvalue weighted by molar-refractivity contribution is -0.131. The van der Waals surface area contributed by atoms with E-state index < -0.39 is 0 Å². The Hall–Kier alpha value is -1.73. The van der Waals surface area contributed by atoms with E-state index >= 15 is 0 Å². The number of aryl methyl sites for hydroxylation is 1. The molecule has 4 aliphatic rings. The fourth-order valence-electron chi connectivity index (χ4n) is 6.90. The zero-order valence-electron chi connectivity index (χ0n) is 20.8. The van der Waals surface area contributed by atoms with Crippen LogP contribution in [-0.4, -0.2) is 77.5 Å². The van der Waals surface area contributed by atoms with Crippen LogP contribution >= 0.6 is 11.8 Å². The number of hydrogen-bond acceptors (Lipinski definition) is 4. The molecule has 0 saturated carbocycles. The number of piperidine rings is 1. The normalized spacial score (nSPS) is 34.6. The van der Waals surface area contributed by atoms with Crippen molar-refractivity contribution >= 4 is 23.7 Å². The fourth-order valence-corrected chi connectivity index (χ4v) is 8.44. The van der Waals surface area contributed by atoms with Gasteiger partial charge in [-0.05, 0) is 63.5 Å². The van der Waals surface area contributed by atoms with Crippen LogP contribution in [0.5, 0.6) is 0 Å². The zero-order valence-corrected chi connectivity index (χ0v) is 21.7. The van der Waals surface area contributed by atoms with Crippen LogP contribution in [0.4, 0.5) is 4.79 Å². The molecule has 3 amide bonds. The van der Waals surface area contributed by atoms with Crippen LogP contribution in [0.15, 0.2) is 24.3 Å². The van der Waals surface area contributed by atoms with Crippen molar-refractivity contribution in [2.24, 2.45) is 5.92 Å². The molecule has 2 N–H and O–H groups in total. The number of nitrogens with one attached hydrogen (secondary N) is 2. The van der Waals surface area contributed by atoms with Crippen molar-refractivity contribution in [3.05, 3.63) is 35.4 Å². The first kappa shape index (κ1) is 24.0. The van der Waals surface area contributed by atoms with Gasteiger partial charge in [0.15, 0.2) is 0 Å². The summed E-state index contributed by atoms with van der Waals surface area (Å²) in [6, 6.07) is 10.9. The first-order chi connectivity index (χ1) is 16.4. The number of thioether (sulfide) groups is 1. The largest absolute Gasteiger partial charge is 0.345 e. The summed E-state index contributed by atoms with van der Waals surface area (Å²) in [5, 5.41) is 6.54. The van der Waals surface area contributed by atoms with Gasteiger partial charge < -0.3 is 20.4 Å². The minimum Gasteiger partial charge on any atom is -0.345 e. The molecule has 7 heteroatoms. The molecular weight excluding hydrogens is 444 g/mol. The van der Waals surface area contributed by atoms with E-state index in [9.17, 15) is 9.59 Å². The van der Waals surface area contributed by atoms with Crippen LogP contribution in [-0.2, 0) is 4.79 Å². The predicted octanol–water partition coefficient (Wildman–Crippen LogP) is 3.75. The van der Waals surface area contributed by atoms with Crippen molar-refractivity contribution < 1.29 is 9.59 Å². The number of nitrogens with zero attached hydrogens (tertiary/aromatic N) is 2. The van der Waals surface area contributed by atoms with Gasteiger partial charge in [-0.1, -0.05) is 36.2 Å². The molecule has 4 heterocycles. The van der Waals surface area contributed by atoms with Crippen LogP contribution in [0.25, 0.3) is 0 Å². The number of carbonyl (C=O) groups excluding carboxylic acids is 2. The maximum absolute atomic E-state index is 13.1. The molecule has 7 unspecified atom stereocenters. The Balaban J connectivity index is 1.13. The summed E-state index contributed by atoms with van der Waals surface area (Å²) < 4.78 is 0. The van der Waals surface area contributed by atoms with Gasteiger partial charge in [-0.2, -0.15) is 11.8 Å². The molecule has 5 rings (SSSR count). The van der Waals surface area contributed by atoms with E-state index in [2.05, 4.69) is 53.8 Å². The molecule has 0 radical (unpaired) electrons. The van der Waals surface area contributed by atoms with E-state index in [-0.39, 0.29) is 24.0 Å². The molecule has 1 aromatic rings. The SMILES string of the molecule is Cc1ccc(C2CC3CCC(C2CN(C)C(=O)CCCCC2SCC4NC(=O)NC42)N3C)cc1. The zero-order chi connectivity index (χ0) is 23.8. The van der Waals surface area contributed by atoms with Gasteiger partial charge in [0, 0.05) is 43.1 Å². The minimum atomic E-state index is -0.0250. The van der Waals surface area contributed by atoms with Crippen LogP contribution in [0.2, 0.25) is 0 Å². The van der Waals surface area contributed by atoms with Gasteiger partial charge in [0.2, 0.25) is 5.91 Å². The second kappa shape index (κ2) is 10.1. The van der Waals surface area contributed by atoms with Crippen molar-refractivity contribution in [1.82, 2.24) is 20.4 Å². The Morgan fingerprint density at radius 3 is 2.76 bits per heavy atom. The number of unbranched alkanes of at least 4 members (excludes halogenated alkanes) is 1. The van der Waals surface area contributed by atoms with Gasteiger partial charge in [-0.3, -0.25) is 4.79 Å². The third-order valence-corrected chi connectivity index (χ3v) is 10.4. The van der Waals surface area contributed by atoms with Crippen LogP contribution in [0.3, 0.4) is 0 Å². The quantitative estimate of drug-likeness (QED) is 0.436. The van der Waals surface area contributed by atoms with Gasteiger partial charge in [-0.15, -0.1) is 0 Å². The molecule has 4 saturated heterocycles. The number of benzene rings is 1. The summed E-state index contributed by atoms with van der Waals surface area (Å²) in [6.07, 6.45) is 7.40. The molecule has 4 aliphatic heterocycles. The number of urea groups is 1. The van der Waals surface area contributed by atoms with E-state index in [0.717, 1.165) is 31.6 Å². The summed E-state index contributed by atoms with van der Waals surface area (Å²) in [6.45, 7) is 3.00. The topological polar surface area (TPSA) is 64.7 Å². The Morgan fingerprint density at radius 2 is 1.97 bits per heavy atom. The highest BCUT2D eigenvalue weighted by Gasteiger charge is 2.46. The highest BCUT2D eigenvalue weighted by molar-refractivity contribution is 8.00. The Kier molecular flexibility index (Phi) is 7.12. The second-order valence-corrected chi connectivity index (χ2v) is 12.3. The molecular formula is C27H40N4O2S. The van der Waals surface area contributed by atoms with Crippen molar-refractivity contribution in [2.45, 2.75) is 87.2 Å². The minimum absolute atomic E-state index is 0.0250. The molecule has 34 heavy (non-hydrogen) atoms. The third kappa shape index (κ3) is 4.83. The summed E-state index contributed by atoms with van der Waals surface area (Å²) in [5.74, 6) is 2.30. The van der Waals surface area contributed by atoms with Crippen molar-refractivity contribution in [3.8, 4) is 0 Å². The molecule has 4 fully saturated rings. The van der Waals surface area contributed by atoms with Crippen LogP contribution < -0.4 is 10.6 Å². The maximum Gasteiger partial charge on any atom is 0.315 e. The molecule has 0 spiro atoms. The average molecular weight is 485 g/mol. The van der Waals surface area contributed by atoms with Gasteiger partial charge in [0.05, 0.1) is 12.1 Å². The number of rotatable bonds is 8. The maximum atomic E-state index is 13.1. The van der Waals surface area contributed by atoms with Crippen molar-refractivity contribution in [2.75, 3.05) is 26.4 Å². The van der Waals surface area contributed by atoms with Gasteiger partial charge >= 0.3 is 6.03 Å². The van der Waals surface area contributed by atoms with E-state index in [1.165, 1.54) is 30.4 Å². The number of hydrogen-bond donors (Lipinski definition) is 2. The summed E-state index contributed by atoms with van der Waals surface area (Å²) in [5.41, 5.74) is 2.75. The summed E-state index contributed by atoms with van der Waals surface area (Å²) in [4.78, 5) is 29.2. The fraction of sp³-hybridized carbons (Fsp3) is 0.704. The molecule has 1 aromatic carbocycles. The molecule has 0 aliphatic carbocycles. The molecule has 7 atom stereocenters. The number of amides is 3. The highest BCUT2D eigenvalue weighted by atomic mass is 32.2. The second-order valence-electron chi connectivity index (χ2n) is 11.0.